The zero-order chi connectivity index (χ0) is 18.9. The van der Waals surface area contributed by atoms with Crippen LogP contribution in [0.5, 0.6) is 0 Å². The molecular weight excluding hydrogens is 445 g/mol. The molecule has 0 unspecified atom stereocenters. The van der Waals surface area contributed by atoms with Crippen molar-refractivity contribution in [2.24, 2.45) is 0 Å². The van der Waals surface area contributed by atoms with Crippen LogP contribution in [0.4, 0.5) is 5.69 Å². The predicted molar refractivity (Wildman–Crippen MR) is 112 cm³/mol. The van der Waals surface area contributed by atoms with Gasteiger partial charge in [0.15, 0.2) is 0 Å². The number of hydrogen-bond acceptors (Lipinski definition) is 1. The van der Waals surface area contributed by atoms with Crippen molar-refractivity contribution in [2.75, 3.05) is 3.38 Å². The molecule has 4 heteroatoms. The molecule has 0 spiro atoms. The van der Waals surface area contributed by atoms with Crippen LogP contribution in [-0.4, -0.2) is 0 Å². The molecule has 4 aromatic rings. The van der Waals surface area contributed by atoms with E-state index in [1.54, 1.807) is 0 Å². The molecule has 0 N–H and O–H groups in total. The van der Waals surface area contributed by atoms with E-state index in [9.17, 15) is 0 Å². The number of anilines is 1. The number of nitrogens with zero attached hydrogens (tertiary/aromatic N) is 1. The van der Waals surface area contributed by atoms with Gasteiger partial charge in [0.1, 0.15) is 0 Å². The first-order valence-corrected chi connectivity index (χ1v) is 10.3. The molecule has 147 valence electrons. The fourth-order valence-electron chi connectivity index (χ4n) is 4.32. The van der Waals surface area contributed by atoms with Gasteiger partial charge in [-0.05, 0) is 0 Å². The maximum atomic E-state index is 2.32. The van der Waals surface area contributed by atoms with E-state index in [4.69, 9.17) is 0 Å². The van der Waals surface area contributed by atoms with E-state index in [2.05, 4.69) is 127 Å². The number of benzene rings is 4. The fourth-order valence-corrected chi connectivity index (χ4v) is 4.82. The molecule has 0 atom stereocenters. The summed E-state index contributed by atoms with van der Waals surface area (Å²) in [5.74, 6) is 0.299. The van der Waals surface area contributed by atoms with Gasteiger partial charge in [-0.15, -0.1) is 0 Å². The molecule has 0 radical (unpaired) electrons. The first-order chi connectivity index (χ1) is 13.8. The summed E-state index contributed by atoms with van der Waals surface area (Å²) in [6, 6.07) is 37.2. The molecule has 0 aliphatic heterocycles. The topological polar surface area (TPSA) is 3.24 Å². The van der Waals surface area contributed by atoms with Gasteiger partial charge in [0.05, 0.1) is 0 Å². The molecule has 0 bridgehead atoms. The molecule has 1 aliphatic rings. The third kappa shape index (κ3) is 4.09. The zero-order valence-corrected chi connectivity index (χ0v) is 19.4. The molecule has 0 amide bonds. The molecule has 0 fully saturated rings. The van der Waals surface area contributed by atoms with Gasteiger partial charge in [-0.25, -0.2) is 0 Å². The van der Waals surface area contributed by atoms with E-state index < -0.39 is 0 Å². The van der Waals surface area contributed by atoms with Crippen LogP contribution in [0, 0.1) is 0 Å². The molecular formula is C26H20Cl2NTi. The predicted octanol–water partition coefficient (Wildman–Crippen LogP) is 0.324. The minimum atomic E-state index is 0. The van der Waals surface area contributed by atoms with Crippen LogP contribution in [0.2, 0.25) is 0 Å². The van der Waals surface area contributed by atoms with E-state index in [1.807, 2.05) is 0 Å². The third-order valence-corrected chi connectivity index (χ3v) is 6.25. The summed E-state index contributed by atoms with van der Waals surface area (Å²) in [5, 5.41) is 0. The summed E-state index contributed by atoms with van der Waals surface area (Å²) in [6.45, 7) is 0.890. The Labute approximate surface area is 202 Å². The van der Waals surface area contributed by atoms with Gasteiger partial charge >= 0.3 is 179 Å². The number of fused-ring (bicyclic) bond motifs is 3. The quantitative estimate of drug-likeness (QED) is 0.346. The van der Waals surface area contributed by atoms with E-state index in [0.29, 0.717) is 5.92 Å². The molecule has 0 heterocycles. The summed E-state index contributed by atoms with van der Waals surface area (Å²) in [4.78, 5) is 0. The van der Waals surface area contributed by atoms with Crippen molar-refractivity contribution in [3.8, 4) is 11.1 Å². The van der Waals surface area contributed by atoms with E-state index in [-0.39, 0.29) is 24.8 Å². The Bertz CT molecular complexity index is 1080. The summed E-state index contributed by atoms with van der Waals surface area (Å²) >= 11 is 2.17. The van der Waals surface area contributed by atoms with Crippen molar-refractivity contribution in [1.29, 1.82) is 0 Å². The van der Waals surface area contributed by atoms with Crippen LogP contribution in [0.25, 0.3) is 11.1 Å². The van der Waals surface area contributed by atoms with Crippen LogP contribution >= 0.6 is 0 Å². The Balaban J connectivity index is 0.00000128. The van der Waals surface area contributed by atoms with Gasteiger partial charge in [0, 0.05) is 0 Å². The minimum absolute atomic E-state index is 0. The zero-order valence-electron chi connectivity index (χ0n) is 16.3. The molecule has 0 saturated carbocycles. The van der Waals surface area contributed by atoms with Gasteiger partial charge in [0.2, 0.25) is 0 Å². The van der Waals surface area contributed by atoms with Gasteiger partial charge in [-0.3, -0.25) is 0 Å². The second-order valence-corrected chi connectivity index (χ2v) is 8.07. The van der Waals surface area contributed by atoms with Gasteiger partial charge in [-0.1, -0.05) is 0 Å². The summed E-state index contributed by atoms with van der Waals surface area (Å²) in [5.41, 5.74) is 9.60. The van der Waals surface area contributed by atoms with Gasteiger partial charge < -0.3 is 24.8 Å². The van der Waals surface area contributed by atoms with Crippen molar-refractivity contribution < 1.29 is 45.5 Å². The van der Waals surface area contributed by atoms with Crippen LogP contribution in [0.3, 0.4) is 0 Å². The number of hydrogen-bond donors (Lipinski definition) is 0. The number of rotatable bonds is 4. The molecule has 0 saturated heterocycles. The Morgan fingerprint density at radius 2 is 1.03 bits per heavy atom. The Morgan fingerprint density at radius 1 is 0.567 bits per heavy atom. The number of halogens is 2. The summed E-state index contributed by atoms with van der Waals surface area (Å²) in [7, 11) is 0. The second kappa shape index (κ2) is 9.85. The third-order valence-electron chi connectivity index (χ3n) is 5.60. The first-order valence-electron chi connectivity index (χ1n) is 9.63. The Hall–Kier alpha value is -2.03. The molecule has 4 aromatic carbocycles. The average Bonchev–Trinajstić information content (AvgIpc) is 3.09. The van der Waals surface area contributed by atoms with E-state index in [0.717, 1.165) is 6.54 Å². The SMILES string of the molecule is [Cl-].[Cl-].[Ti+2][N](Cc1ccccc1C1c2ccccc2-c2ccccc21)c1ccccc1. The molecule has 1 aliphatic carbocycles. The van der Waals surface area contributed by atoms with Crippen LogP contribution < -0.4 is 28.2 Å². The van der Waals surface area contributed by atoms with Crippen molar-refractivity contribution in [1.82, 2.24) is 0 Å². The van der Waals surface area contributed by atoms with Crippen LogP contribution in [-0.2, 0) is 27.2 Å². The fraction of sp³-hybridized carbons (Fsp3) is 0.0769. The normalized spacial score (nSPS) is 11.7. The molecule has 1 nitrogen and oxygen atoms in total. The standard InChI is InChI=1S/C26H20N.2ClH.Ti/c1-2-11-20(12-3-1)27-18-19-10-4-5-13-21(19)26-24-16-8-6-14-22(24)23-15-7-9-17-25(23)26;;;/h1-17,26H,18H2;2*1H;/q-1;;;+3/p-2. The number of para-hydroxylation sites is 1. The van der Waals surface area contributed by atoms with Crippen LogP contribution in [0.1, 0.15) is 28.2 Å². The van der Waals surface area contributed by atoms with Crippen LogP contribution in [0.15, 0.2) is 103 Å². The van der Waals surface area contributed by atoms with Crippen molar-refractivity contribution in [3.63, 3.8) is 0 Å². The average molecular weight is 465 g/mol. The van der Waals surface area contributed by atoms with Crippen molar-refractivity contribution in [3.05, 3.63) is 125 Å². The second-order valence-electron chi connectivity index (χ2n) is 7.23. The van der Waals surface area contributed by atoms with Crippen molar-refractivity contribution >= 4 is 5.69 Å². The van der Waals surface area contributed by atoms with E-state index >= 15 is 0 Å². The molecule has 0 aromatic heterocycles. The Morgan fingerprint density at radius 3 is 1.63 bits per heavy atom. The monoisotopic (exact) mass is 464 g/mol. The maximum absolute atomic E-state index is 2.32. The molecule has 5 rings (SSSR count). The first kappa shape index (κ1) is 22.7. The van der Waals surface area contributed by atoms with Gasteiger partial charge in [0.25, 0.3) is 0 Å². The summed E-state index contributed by atoms with van der Waals surface area (Å²) in [6.07, 6.45) is 0. The molecule has 30 heavy (non-hydrogen) atoms. The summed E-state index contributed by atoms with van der Waals surface area (Å²) < 4.78 is 2.32. The van der Waals surface area contributed by atoms with E-state index in [1.165, 1.54) is 39.1 Å². The van der Waals surface area contributed by atoms with Crippen molar-refractivity contribution in [2.45, 2.75) is 12.5 Å². The van der Waals surface area contributed by atoms with Gasteiger partial charge in [-0.2, -0.15) is 0 Å². The Kier molecular flexibility index (Phi) is 7.44.